The lowest BCUT2D eigenvalue weighted by Crippen LogP contribution is -2.47. The van der Waals surface area contributed by atoms with Gasteiger partial charge in [-0.15, -0.1) is 0 Å². The van der Waals surface area contributed by atoms with Crippen LogP contribution in [0.15, 0.2) is 18.6 Å². The quantitative estimate of drug-likeness (QED) is 0.622. The maximum atomic E-state index is 13.5. The Morgan fingerprint density at radius 1 is 1.08 bits per heavy atom. The second kappa shape index (κ2) is 9.96. The minimum atomic E-state index is -4.59. The van der Waals surface area contributed by atoms with Gasteiger partial charge < -0.3 is 28.9 Å². The van der Waals surface area contributed by atoms with Crippen molar-refractivity contribution >= 4 is 11.7 Å². The van der Waals surface area contributed by atoms with E-state index < -0.39 is 17.6 Å². The van der Waals surface area contributed by atoms with E-state index in [0.717, 1.165) is 24.4 Å². The van der Waals surface area contributed by atoms with Crippen LogP contribution in [0.4, 0.5) is 23.7 Å². The predicted molar refractivity (Wildman–Crippen MR) is 121 cm³/mol. The summed E-state index contributed by atoms with van der Waals surface area (Å²) in [4.78, 5) is 30.7. The van der Waals surface area contributed by atoms with Crippen molar-refractivity contribution in [2.75, 3.05) is 57.9 Å². The van der Waals surface area contributed by atoms with Crippen LogP contribution in [0.25, 0.3) is 0 Å². The van der Waals surface area contributed by atoms with Crippen LogP contribution in [-0.2, 0) is 23.9 Å². The maximum absolute atomic E-state index is 13.5. The zero-order valence-electron chi connectivity index (χ0n) is 19.8. The van der Waals surface area contributed by atoms with Crippen LogP contribution in [0.2, 0.25) is 0 Å². The molecule has 2 saturated heterocycles. The van der Waals surface area contributed by atoms with Crippen LogP contribution in [-0.4, -0.2) is 89.9 Å². The molecule has 2 fully saturated rings. The van der Waals surface area contributed by atoms with Crippen LogP contribution in [0.5, 0.6) is 11.8 Å². The molecule has 3 aliphatic heterocycles. The normalized spacial score (nSPS) is 20.3. The number of ether oxygens (including phenoxy) is 3. The smallest absolute Gasteiger partial charge is 0.421 e. The fraction of sp³-hybridized carbons (Fsp3) is 0.565. The lowest BCUT2D eigenvalue weighted by atomic mass is 10.1. The monoisotopic (exact) mass is 508 g/mol. The number of carbonyl (C=O) groups is 1. The van der Waals surface area contributed by atoms with E-state index in [4.69, 9.17) is 14.2 Å². The number of aromatic nitrogens is 3. The van der Waals surface area contributed by atoms with Gasteiger partial charge in [-0.05, 0) is 6.07 Å². The second-order valence-corrected chi connectivity index (χ2v) is 8.88. The van der Waals surface area contributed by atoms with Gasteiger partial charge in [0.05, 0.1) is 56.6 Å². The Balaban J connectivity index is 1.30. The Kier molecular flexibility index (Phi) is 6.73. The second-order valence-electron chi connectivity index (χ2n) is 8.88. The van der Waals surface area contributed by atoms with E-state index in [0.29, 0.717) is 70.3 Å². The lowest BCUT2D eigenvalue weighted by Gasteiger charge is -2.32. The van der Waals surface area contributed by atoms with Gasteiger partial charge in [0.2, 0.25) is 11.8 Å². The summed E-state index contributed by atoms with van der Waals surface area (Å²) in [6.45, 7) is 4.00. The van der Waals surface area contributed by atoms with E-state index in [-0.39, 0.29) is 18.7 Å². The number of fused-ring (bicyclic) bond motifs is 1. The Labute approximate surface area is 206 Å². The molecule has 5 heterocycles. The van der Waals surface area contributed by atoms with Gasteiger partial charge in [-0.2, -0.15) is 13.2 Å². The molecule has 194 valence electrons. The molecule has 2 amide bonds. The highest BCUT2D eigenvalue weighted by atomic mass is 19.4. The molecule has 2 aromatic heterocycles. The molecule has 1 atom stereocenters. The number of pyridine rings is 1. The maximum Gasteiger partial charge on any atom is 0.421 e. The van der Waals surface area contributed by atoms with Gasteiger partial charge in [-0.25, -0.2) is 19.7 Å². The highest BCUT2D eigenvalue weighted by Gasteiger charge is 2.37. The van der Waals surface area contributed by atoms with Crippen molar-refractivity contribution in [2.45, 2.75) is 31.7 Å². The van der Waals surface area contributed by atoms with Gasteiger partial charge in [0.15, 0.2) is 0 Å². The van der Waals surface area contributed by atoms with E-state index in [1.54, 1.807) is 14.7 Å². The number of amides is 2. The average Bonchev–Trinajstić information content (AvgIpc) is 3.36. The molecule has 0 spiro atoms. The fourth-order valence-corrected chi connectivity index (χ4v) is 4.73. The van der Waals surface area contributed by atoms with Crippen LogP contribution in [0.1, 0.15) is 23.2 Å². The number of hydrogen-bond acceptors (Lipinski definition) is 8. The van der Waals surface area contributed by atoms with E-state index >= 15 is 0 Å². The van der Waals surface area contributed by atoms with Crippen LogP contribution >= 0.6 is 0 Å². The zero-order chi connectivity index (χ0) is 25.3. The number of halogens is 3. The van der Waals surface area contributed by atoms with Gasteiger partial charge in [-0.3, -0.25) is 0 Å². The number of urea groups is 1. The summed E-state index contributed by atoms with van der Waals surface area (Å²) >= 11 is 0. The van der Waals surface area contributed by atoms with Gasteiger partial charge >= 0.3 is 12.2 Å². The standard InChI is InChI=1S/C23H27F3N6O4/c1-34-21-18(23(24,25)26)10-15(11-27-21)31-5-3-19-17(13-31)20(29-14-28-19)36-16-2-4-32(12-16)22(33)30-6-8-35-9-7-30/h10-11,14,16H,2-9,12-13H2,1H3/t16-/m0/s1. The summed E-state index contributed by atoms with van der Waals surface area (Å²) in [6, 6.07) is 1.03. The van der Waals surface area contributed by atoms with Gasteiger partial charge in [0, 0.05) is 39.0 Å². The highest BCUT2D eigenvalue weighted by molar-refractivity contribution is 5.75. The molecule has 2 aromatic rings. The number of anilines is 1. The van der Waals surface area contributed by atoms with Crippen molar-refractivity contribution in [1.29, 1.82) is 0 Å². The molecule has 0 saturated carbocycles. The fourth-order valence-electron chi connectivity index (χ4n) is 4.73. The molecular weight excluding hydrogens is 481 g/mol. The number of methoxy groups -OCH3 is 1. The molecule has 0 radical (unpaired) electrons. The summed E-state index contributed by atoms with van der Waals surface area (Å²) in [6.07, 6.45) is -0.832. The number of likely N-dealkylation sites (tertiary alicyclic amines) is 1. The molecule has 36 heavy (non-hydrogen) atoms. The van der Waals surface area contributed by atoms with Crippen molar-refractivity contribution in [2.24, 2.45) is 0 Å². The predicted octanol–water partition coefficient (Wildman–Crippen LogP) is 2.37. The van der Waals surface area contributed by atoms with Crippen LogP contribution < -0.4 is 14.4 Å². The topological polar surface area (TPSA) is 93.2 Å². The van der Waals surface area contributed by atoms with Gasteiger partial charge in [0.1, 0.15) is 18.0 Å². The summed E-state index contributed by atoms with van der Waals surface area (Å²) in [7, 11) is 1.16. The number of carbonyl (C=O) groups excluding carboxylic acids is 1. The average molecular weight is 509 g/mol. The van der Waals surface area contributed by atoms with Crippen molar-refractivity contribution in [3.63, 3.8) is 0 Å². The summed E-state index contributed by atoms with van der Waals surface area (Å²) in [5.41, 5.74) is 0.927. The van der Waals surface area contributed by atoms with Gasteiger partial charge in [0.25, 0.3) is 0 Å². The van der Waals surface area contributed by atoms with Crippen molar-refractivity contribution in [1.82, 2.24) is 24.8 Å². The number of nitrogens with zero attached hydrogens (tertiary/aromatic N) is 6. The first-order chi connectivity index (χ1) is 17.3. The third-order valence-corrected chi connectivity index (χ3v) is 6.64. The summed E-state index contributed by atoms with van der Waals surface area (Å²) in [5, 5.41) is 0. The molecule has 0 bridgehead atoms. The van der Waals surface area contributed by atoms with E-state index in [9.17, 15) is 18.0 Å². The zero-order valence-corrected chi connectivity index (χ0v) is 19.8. The third-order valence-electron chi connectivity index (χ3n) is 6.64. The third kappa shape index (κ3) is 4.97. The number of morpholine rings is 1. The number of rotatable bonds is 4. The first kappa shape index (κ1) is 24.3. The Morgan fingerprint density at radius 2 is 1.89 bits per heavy atom. The lowest BCUT2D eigenvalue weighted by molar-refractivity contribution is -0.139. The number of hydrogen-bond donors (Lipinski definition) is 0. The Morgan fingerprint density at radius 3 is 2.64 bits per heavy atom. The molecule has 0 aliphatic carbocycles. The summed E-state index contributed by atoms with van der Waals surface area (Å²) in [5.74, 6) is -0.0682. The molecule has 5 rings (SSSR count). The molecular formula is C23H27F3N6O4. The molecule has 10 nitrogen and oxygen atoms in total. The van der Waals surface area contributed by atoms with E-state index in [1.165, 1.54) is 12.5 Å². The molecule has 0 aromatic carbocycles. The first-order valence-corrected chi connectivity index (χ1v) is 11.8. The minimum absolute atomic E-state index is 0.0206. The van der Waals surface area contributed by atoms with Gasteiger partial charge in [-0.1, -0.05) is 0 Å². The SMILES string of the molecule is COc1ncc(N2CCc3ncnc(O[C@H]4CCN(C(=O)N5CCOCC5)C4)c3C2)cc1C(F)(F)F. The van der Waals surface area contributed by atoms with Crippen molar-refractivity contribution in [3.8, 4) is 11.8 Å². The minimum Gasteiger partial charge on any atom is -0.481 e. The highest BCUT2D eigenvalue weighted by Crippen LogP contribution is 2.38. The molecule has 0 N–H and O–H groups in total. The molecule has 13 heteroatoms. The number of alkyl halides is 3. The first-order valence-electron chi connectivity index (χ1n) is 11.8. The van der Waals surface area contributed by atoms with E-state index in [2.05, 4.69) is 15.0 Å². The Hall–Kier alpha value is -3.35. The van der Waals surface area contributed by atoms with Crippen molar-refractivity contribution < 1.29 is 32.2 Å². The van der Waals surface area contributed by atoms with E-state index in [1.807, 2.05) is 0 Å². The van der Waals surface area contributed by atoms with Crippen LogP contribution in [0.3, 0.4) is 0 Å². The summed E-state index contributed by atoms with van der Waals surface area (Å²) < 4.78 is 56.8. The largest absolute Gasteiger partial charge is 0.481 e. The molecule has 0 unspecified atom stereocenters. The Bertz CT molecular complexity index is 1110. The van der Waals surface area contributed by atoms with Crippen molar-refractivity contribution in [3.05, 3.63) is 35.4 Å². The molecule has 3 aliphatic rings. The van der Waals surface area contributed by atoms with Crippen LogP contribution in [0, 0.1) is 0 Å².